The Balaban J connectivity index is 1.62. The Morgan fingerprint density at radius 2 is 1.82 bits per heavy atom. The van der Waals surface area contributed by atoms with Crippen LogP contribution >= 0.6 is 0 Å². The molecule has 2 nitrogen and oxygen atoms in total. The minimum absolute atomic E-state index is 0.512. The molecule has 3 fully saturated rings. The highest BCUT2D eigenvalue weighted by Crippen LogP contribution is 2.48. The Morgan fingerprint density at radius 1 is 1.06 bits per heavy atom. The molecule has 98 valence electrons. The molecular weight excluding hydrogens is 208 g/mol. The van der Waals surface area contributed by atoms with Crippen LogP contribution in [0, 0.1) is 23.7 Å². The lowest BCUT2D eigenvalue weighted by atomic mass is 9.83. The molecule has 1 heterocycles. The maximum atomic E-state index is 6.43. The van der Waals surface area contributed by atoms with Crippen LogP contribution in [0.4, 0.5) is 0 Å². The SMILES string of the molecule is CC1CCC(C)N(CC2C3CCC(C3)C2N)C1. The Labute approximate surface area is 106 Å². The number of hydrogen-bond acceptors (Lipinski definition) is 2. The third kappa shape index (κ3) is 2.15. The molecule has 17 heavy (non-hydrogen) atoms. The predicted molar refractivity (Wildman–Crippen MR) is 71.7 cm³/mol. The van der Waals surface area contributed by atoms with Gasteiger partial charge in [0, 0.05) is 25.2 Å². The Hall–Kier alpha value is -0.0800. The van der Waals surface area contributed by atoms with E-state index in [-0.39, 0.29) is 0 Å². The summed E-state index contributed by atoms with van der Waals surface area (Å²) in [7, 11) is 0. The summed E-state index contributed by atoms with van der Waals surface area (Å²) in [6.07, 6.45) is 7.11. The quantitative estimate of drug-likeness (QED) is 0.798. The standard InChI is InChI=1S/C15H28N2/c1-10-3-4-11(2)17(8-10)9-14-12-5-6-13(7-12)15(14)16/h10-15H,3-9,16H2,1-2H3. The number of hydrogen-bond donors (Lipinski definition) is 1. The highest BCUT2D eigenvalue weighted by Gasteiger charge is 2.46. The summed E-state index contributed by atoms with van der Waals surface area (Å²) in [4.78, 5) is 2.74. The molecule has 1 aliphatic heterocycles. The molecule has 0 spiro atoms. The Kier molecular flexibility index (Phi) is 3.20. The van der Waals surface area contributed by atoms with E-state index in [4.69, 9.17) is 5.73 Å². The van der Waals surface area contributed by atoms with Crippen LogP contribution in [0.5, 0.6) is 0 Å². The summed E-state index contributed by atoms with van der Waals surface area (Å²) in [6, 6.07) is 1.30. The molecule has 0 amide bonds. The zero-order valence-corrected chi connectivity index (χ0v) is 11.4. The molecule has 0 aromatic carbocycles. The fourth-order valence-electron chi connectivity index (χ4n) is 4.63. The van der Waals surface area contributed by atoms with Gasteiger partial charge in [-0.05, 0) is 62.7 Å². The summed E-state index contributed by atoms with van der Waals surface area (Å²) in [5.41, 5.74) is 6.43. The van der Waals surface area contributed by atoms with Gasteiger partial charge in [-0.2, -0.15) is 0 Å². The van der Waals surface area contributed by atoms with Crippen molar-refractivity contribution in [3.63, 3.8) is 0 Å². The summed E-state index contributed by atoms with van der Waals surface area (Å²) >= 11 is 0. The van der Waals surface area contributed by atoms with E-state index < -0.39 is 0 Å². The topological polar surface area (TPSA) is 29.3 Å². The lowest BCUT2D eigenvalue weighted by Crippen LogP contribution is -2.48. The van der Waals surface area contributed by atoms with E-state index in [1.165, 1.54) is 45.2 Å². The molecule has 0 aromatic heterocycles. The first-order chi connectivity index (χ1) is 8.15. The number of nitrogens with two attached hydrogens (primary N) is 1. The smallest absolute Gasteiger partial charge is 0.0111 e. The van der Waals surface area contributed by atoms with Crippen LogP contribution in [-0.2, 0) is 0 Å². The monoisotopic (exact) mass is 236 g/mol. The van der Waals surface area contributed by atoms with Gasteiger partial charge in [-0.3, -0.25) is 0 Å². The van der Waals surface area contributed by atoms with Gasteiger partial charge >= 0.3 is 0 Å². The van der Waals surface area contributed by atoms with Crippen molar-refractivity contribution in [2.75, 3.05) is 13.1 Å². The average Bonchev–Trinajstić information content (AvgIpc) is 2.87. The van der Waals surface area contributed by atoms with Crippen LogP contribution in [0.15, 0.2) is 0 Å². The third-order valence-corrected chi connectivity index (χ3v) is 5.85. The van der Waals surface area contributed by atoms with Crippen LogP contribution in [0.2, 0.25) is 0 Å². The minimum atomic E-state index is 0.512. The summed E-state index contributed by atoms with van der Waals surface area (Å²) in [6.45, 7) is 7.40. The van der Waals surface area contributed by atoms with Gasteiger partial charge in [-0.25, -0.2) is 0 Å². The lowest BCUT2D eigenvalue weighted by Gasteiger charge is -2.41. The summed E-state index contributed by atoms with van der Waals surface area (Å²) < 4.78 is 0. The van der Waals surface area contributed by atoms with Crippen molar-refractivity contribution in [2.45, 2.75) is 58.0 Å². The molecular formula is C15H28N2. The second-order valence-electron chi connectivity index (χ2n) is 7.06. The molecule has 0 aromatic rings. The third-order valence-electron chi connectivity index (χ3n) is 5.85. The Bertz CT molecular complexity index is 276. The zero-order valence-electron chi connectivity index (χ0n) is 11.4. The van der Waals surface area contributed by atoms with Crippen LogP contribution in [0.3, 0.4) is 0 Å². The maximum absolute atomic E-state index is 6.43. The fourth-order valence-corrected chi connectivity index (χ4v) is 4.63. The predicted octanol–water partition coefficient (Wildman–Crippen LogP) is 2.48. The minimum Gasteiger partial charge on any atom is -0.327 e. The molecule has 2 saturated carbocycles. The van der Waals surface area contributed by atoms with Crippen LogP contribution in [-0.4, -0.2) is 30.1 Å². The highest BCUT2D eigenvalue weighted by molar-refractivity contribution is 5.00. The van der Waals surface area contributed by atoms with Crippen LogP contribution in [0.25, 0.3) is 0 Å². The normalized spacial score (nSPS) is 51.0. The molecule has 2 aliphatic carbocycles. The molecule has 2 heteroatoms. The van der Waals surface area contributed by atoms with Gasteiger partial charge in [0.2, 0.25) is 0 Å². The molecule has 1 saturated heterocycles. The van der Waals surface area contributed by atoms with E-state index >= 15 is 0 Å². The molecule has 3 rings (SSSR count). The van der Waals surface area contributed by atoms with Gasteiger partial charge in [0.05, 0.1) is 0 Å². The zero-order chi connectivity index (χ0) is 12.0. The van der Waals surface area contributed by atoms with E-state index in [2.05, 4.69) is 18.7 Å². The van der Waals surface area contributed by atoms with Gasteiger partial charge in [-0.1, -0.05) is 6.92 Å². The summed E-state index contributed by atoms with van der Waals surface area (Å²) in [5.74, 6) is 3.52. The molecule has 6 atom stereocenters. The van der Waals surface area contributed by atoms with Gasteiger partial charge in [0.25, 0.3) is 0 Å². The second-order valence-corrected chi connectivity index (χ2v) is 7.06. The molecule has 6 unspecified atom stereocenters. The van der Waals surface area contributed by atoms with Gasteiger partial charge in [0.1, 0.15) is 0 Å². The highest BCUT2D eigenvalue weighted by atomic mass is 15.2. The fraction of sp³-hybridized carbons (Fsp3) is 1.00. The van der Waals surface area contributed by atoms with E-state index in [0.29, 0.717) is 6.04 Å². The first-order valence-corrected chi connectivity index (χ1v) is 7.64. The van der Waals surface area contributed by atoms with Crippen molar-refractivity contribution < 1.29 is 0 Å². The molecule has 0 radical (unpaired) electrons. The van der Waals surface area contributed by atoms with E-state index in [1.807, 2.05) is 0 Å². The average molecular weight is 236 g/mol. The van der Waals surface area contributed by atoms with Gasteiger partial charge in [-0.15, -0.1) is 0 Å². The first kappa shape index (κ1) is 12.0. The van der Waals surface area contributed by atoms with Crippen molar-refractivity contribution in [1.82, 2.24) is 4.90 Å². The maximum Gasteiger partial charge on any atom is 0.0111 e. The molecule has 2 bridgehead atoms. The van der Waals surface area contributed by atoms with E-state index in [9.17, 15) is 0 Å². The number of nitrogens with zero attached hydrogens (tertiary/aromatic N) is 1. The number of fused-ring (bicyclic) bond motifs is 2. The van der Waals surface area contributed by atoms with Crippen molar-refractivity contribution in [3.05, 3.63) is 0 Å². The number of likely N-dealkylation sites (tertiary alicyclic amines) is 1. The molecule has 2 N–H and O–H groups in total. The van der Waals surface area contributed by atoms with Crippen molar-refractivity contribution >= 4 is 0 Å². The number of piperidine rings is 1. The van der Waals surface area contributed by atoms with E-state index in [1.54, 1.807) is 0 Å². The van der Waals surface area contributed by atoms with Crippen LogP contribution in [0.1, 0.15) is 46.0 Å². The van der Waals surface area contributed by atoms with Crippen LogP contribution < -0.4 is 5.73 Å². The van der Waals surface area contributed by atoms with E-state index in [0.717, 1.165) is 29.7 Å². The summed E-state index contributed by atoms with van der Waals surface area (Å²) in [5, 5.41) is 0. The van der Waals surface area contributed by atoms with Crippen molar-refractivity contribution in [2.24, 2.45) is 29.4 Å². The van der Waals surface area contributed by atoms with Gasteiger partial charge < -0.3 is 10.6 Å². The van der Waals surface area contributed by atoms with Gasteiger partial charge in [0.15, 0.2) is 0 Å². The first-order valence-electron chi connectivity index (χ1n) is 7.64. The number of rotatable bonds is 2. The van der Waals surface area contributed by atoms with Crippen molar-refractivity contribution in [3.8, 4) is 0 Å². The lowest BCUT2D eigenvalue weighted by molar-refractivity contribution is 0.0851. The van der Waals surface area contributed by atoms with Crippen molar-refractivity contribution in [1.29, 1.82) is 0 Å². The molecule has 3 aliphatic rings. The second kappa shape index (κ2) is 4.55. The largest absolute Gasteiger partial charge is 0.327 e. The Morgan fingerprint density at radius 3 is 2.53 bits per heavy atom.